The molecule has 2 aromatic carbocycles. The van der Waals surface area contributed by atoms with Crippen molar-refractivity contribution in [1.82, 2.24) is 0 Å². The highest BCUT2D eigenvalue weighted by Crippen LogP contribution is 2.13. The van der Waals surface area contributed by atoms with E-state index in [1.165, 1.54) is 5.56 Å². The van der Waals surface area contributed by atoms with Crippen LogP contribution < -0.4 is 10.1 Å². The minimum Gasteiger partial charge on any atom is -0.494 e. The van der Waals surface area contributed by atoms with Gasteiger partial charge in [-0.25, -0.2) is 0 Å². The van der Waals surface area contributed by atoms with Gasteiger partial charge in [-0.3, -0.25) is 4.79 Å². The largest absolute Gasteiger partial charge is 0.494 e. The lowest BCUT2D eigenvalue weighted by Crippen LogP contribution is -2.14. The molecule has 0 heterocycles. The Morgan fingerprint density at radius 2 is 1.78 bits per heavy atom. The zero-order chi connectivity index (χ0) is 16.3. The van der Waals surface area contributed by atoms with Crippen molar-refractivity contribution in [1.29, 1.82) is 0 Å². The quantitative estimate of drug-likeness (QED) is 0.687. The van der Waals surface area contributed by atoms with Crippen molar-refractivity contribution in [3.8, 4) is 5.75 Å². The summed E-state index contributed by atoms with van der Waals surface area (Å²) in [5, 5.41) is 2.89. The molecule has 0 spiro atoms. The van der Waals surface area contributed by atoms with E-state index in [1.54, 1.807) is 11.8 Å². The van der Waals surface area contributed by atoms with E-state index in [0.717, 1.165) is 36.6 Å². The summed E-state index contributed by atoms with van der Waals surface area (Å²) in [6.45, 7) is 2.79. The number of nitrogens with one attached hydrogen (secondary N) is 1. The Kier molecular flexibility index (Phi) is 7.54. The van der Waals surface area contributed by atoms with Crippen LogP contribution in [0, 0.1) is 6.92 Å². The second-order valence-electron chi connectivity index (χ2n) is 5.34. The number of carbonyl (C=O) groups is 1. The molecule has 1 N–H and O–H groups in total. The Bertz CT molecular complexity index is 584. The molecule has 0 unspecified atom stereocenters. The molecular weight excluding hydrogens is 306 g/mol. The molecule has 4 heteroatoms. The minimum absolute atomic E-state index is 0.0529. The summed E-state index contributed by atoms with van der Waals surface area (Å²) in [7, 11) is 0. The monoisotopic (exact) mass is 329 g/mol. The molecule has 0 atom stereocenters. The highest BCUT2D eigenvalue weighted by Gasteiger charge is 2.02. The Labute approximate surface area is 142 Å². The SMILES string of the molecule is Cc1ccc(OCCCCSCC(=O)Nc2ccccc2)cc1. The lowest BCUT2D eigenvalue weighted by molar-refractivity contribution is -0.113. The number of rotatable bonds is 9. The molecule has 0 aliphatic carbocycles. The molecule has 0 saturated heterocycles. The van der Waals surface area contributed by atoms with Crippen LogP contribution in [0.3, 0.4) is 0 Å². The van der Waals surface area contributed by atoms with Gasteiger partial charge in [0.25, 0.3) is 0 Å². The number of hydrogen-bond acceptors (Lipinski definition) is 3. The summed E-state index contributed by atoms with van der Waals surface area (Å²) >= 11 is 1.66. The van der Waals surface area contributed by atoms with E-state index < -0.39 is 0 Å². The molecule has 0 aliphatic rings. The van der Waals surface area contributed by atoms with Crippen LogP contribution in [0.25, 0.3) is 0 Å². The summed E-state index contributed by atoms with van der Waals surface area (Å²) in [5.41, 5.74) is 2.09. The molecule has 2 aromatic rings. The van der Waals surface area contributed by atoms with Gasteiger partial charge in [0.1, 0.15) is 5.75 Å². The van der Waals surface area contributed by atoms with E-state index in [2.05, 4.69) is 24.4 Å². The van der Waals surface area contributed by atoms with Gasteiger partial charge in [-0.1, -0.05) is 35.9 Å². The van der Waals surface area contributed by atoms with Crippen molar-refractivity contribution in [2.45, 2.75) is 19.8 Å². The van der Waals surface area contributed by atoms with Crippen molar-refractivity contribution in [3.05, 3.63) is 60.2 Å². The fraction of sp³-hybridized carbons (Fsp3) is 0.316. The van der Waals surface area contributed by atoms with Crippen LogP contribution in [0.4, 0.5) is 5.69 Å². The first-order chi connectivity index (χ1) is 11.2. The summed E-state index contributed by atoms with van der Waals surface area (Å²) in [5.74, 6) is 2.44. The van der Waals surface area contributed by atoms with Gasteiger partial charge in [0.15, 0.2) is 0 Å². The fourth-order valence-corrected chi connectivity index (χ4v) is 2.82. The molecule has 2 rings (SSSR count). The van der Waals surface area contributed by atoms with Crippen LogP contribution in [0.2, 0.25) is 0 Å². The summed E-state index contributed by atoms with van der Waals surface area (Å²) < 4.78 is 5.68. The maximum Gasteiger partial charge on any atom is 0.234 e. The van der Waals surface area contributed by atoms with Gasteiger partial charge in [-0.15, -0.1) is 0 Å². The van der Waals surface area contributed by atoms with Gasteiger partial charge in [-0.05, 0) is 49.8 Å². The van der Waals surface area contributed by atoms with Crippen molar-refractivity contribution in [2.75, 3.05) is 23.4 Å². The molecule has 0 aliphatic heterocycles. The van der Waals surface area contributed by atoms with E-state index in [4.69, 9.17) is 4.74 Å². The number of para-hydroxylation sites is 1. The number of ether oxygens (including phenoxy) is 1. The van der Waals surface area contributed by atoms with Crippen LogP contribution in [-0.2, 0) is 4.79 Å². The molecule has 0 radical (unpaired) electrons. The Morgan fingerprint density at radius 3 is 2.52 bits per heavy atom. The van der Waals surface area contributed by atoms with Gasteiger partial charge in [0, 0.05) is 5.69 Å². The topological polar surface area (TPSA) is 38.3 Å². The Balaban J connectivity index is 1.49. The number of unbranched alkanes of at least 4 members (excludes halogenated alkanes) is 1. The van der Waals surface area contributed by atoms with E-state index in [0.29, 0.717) is 5.75 Å². The maximum atomic E-state index is 11.8. The molecule has 0 saturated carbocycles. The molecule has 3 nitrogen and oxygen atoms in total. The fourth-order valence-electron chi connectivity index (χ4n) is 2.01. The van der Waals surface area contributed by atoms with E-state index in [1.807, 2.05) is 42.5 Å². The highest BCUT2D eigenvalue weighted by molar-refractivity contribution is 7.99. The highest BCUT2D eigenvalue weighted by atomic mass is 32.2. The van der Waals surface area contributed by atoms with Crippen LogP contribution in [0.1, 0.15) is 18.4 Å². The van der Waals surface area contributed by atoms with E-state index >= 15 is 0 Å². The van der Waals surface area contributed by atoms with Crippen LogP contribution in [-0.4, -0.2) is 24.0 Å². The van der Waals surface area contributed by atoms with Crippen molar-refractivity contribution in [2.24, 2.45) is 0 Å². The number of benzene rings is 2. The average molecular weight is 329 g/mol. The number of hydrogen-bond donors (Lipinski definition) is 1. The van der Waals surface area contributed by atoms with Crippen molar-refractivity contribution >= 4 is 23.4 Å². The van der Waals surface area contributed by atoms with Crippen LogP contribution in [0.5, 0.6) is 5.75 Å². The third-order valence-electron chi connectivity index (χ3n) is 3.26. The smallest absolute Gasteiger partial charge is 0.234 e. The number of carbonyl (C=O) groups excluding carboxylic acids is 1. The number of amides is 1. The normalized spacial score (nSPS) is 10.3. The molecule has 0 aromatic heterocycles. The zero-order valence-corrected chi connectivity index (χ0v) is 14.3. The first-order valence-electron chi connectivity index (χ1n) is 7.86. The molecule has 122 valence electrons. The Morgan fingerprint density at radius 1 is 1.04 bits per heavy atom. The number of aryl methyl sites for hydroxylation is 1. The van der Waals surface area contributed by atoms with Crippen molar-refractivity contribution in [3.63, 3.8) is 0 Å². The first kappa shape index (κ1) is 17.4. The predicted octanol–water partition coefficient (Wildman–Crippen LogP) is 4.53. The Hall–Kier alpha value is -1.94. The number of anilines is 1. The first-order valence-corrected chi connectivity index (χ1v) is 9.01. The van der Waals surface area contributed by atoms with E-state index in [-0.39, 0.29) is 5.91 Å². The van der Waals surface area contributed by atoms with Gasteiger partial charge in [-0.2, -0.15) is 11.8 Å². The molecule has 0 bridgehead atoms. The maximum absolute atomic E-state index is 11.8. The molecule has 1 amide bonds. The van der Waals surface area contributed by atoms with Gasteiger partial charge in [0.05, 0.1) is 12.4 Å². The lowest BCUT2D eigenvalue weighted by Gasteiger charge is -2.07. The summed E-state index contributed by atoms with van der Waals surface area (Å²) in [4.78, 5) is 11.8. The number of thioether (sulfide) groups is 1. The zero-order valence-electron chi connectivity index (χ0n) is 13.5. The standard InChI is InChI=1S/C19H23NO2S/c1-16-9-11-18(12-10-16)22-13-5-6-14-23-15-19(21)20-17-7-3-2-4-8-17/h2-4,7-12H,5-6,13-15H2,1H3,(H,20,21). The molecule has 23 heavy (non-hydrogen) atoms. The van der Waals surface area contributed by atoms with Gasteiger partial charge < -0.3 is 10.1 Å². The van der Waals surface area contributed by atoms with Crippen molar-refractivity contribution < 1.29 is 9.53 Å². The molecular formula is C19H23NO2S. The summed E-state index contributed by atoms with van der Waals surface area (Å²) in [6.07, 6.45) is 2.05. The van der Waals surface area contributed by atoms with Gasteiger partial charge in [0.2, 0.25) is 5.91 Å². The summed E-state index contributed by atoms with van der Waals surface area (Å²) in [6, 6.07) is 17.6. The predicted molar refractivity (Wildman–Crippen MR) is 98.3 cm³/mol. The third kappa shape index (κ3) is 7.24. The second-order valence-corrected chi connectivity index (χ2v) is 6.44. The third-order valence-corrected chi connectivity index (χ3v) is 4.31. The minimum atomic E-state index is 0.0529. The second kappa shape index (κ2) is 9.95. The van der Waals surface area contributed by atoms with Crippen LogP contribution >= 0.6 is 11.8 Å². The lowest BCUT2D eigenvalue weighted by atomic mass is 10.2. The van der Waals surface area contributed by atoms with Gasteiger partial charge >= 0.3 is 0 Å². The van der Waals surface area contributed by atoms with E-state index in [9.17, 15) is 4.79 Å². The average Bonchev–Trinajstić information content (AvgIpc) is 2.56. The molecule has 0 fully saturated rings. The van der Waals surface area contributed by atoms with Crippen LogP contribution in [0.15, 0.2) is 54.6 Å².